The zero-order chi connectivity index (χ0) is 23.0. The quantitative estimate of drug-likeness (QED) is 0.532. The zero-order valence-electron chi connectivity index (χ0n) is 17.3. The molecule has 3 aromatic rings. The van der Waals surface area contributed by atoms with E-state index in [1.54, 1.807) is 30.3 Å². The Bertz CT molecular complexity index is 1190. The second kappa shape index (κ2) is 8.31. The number of benzene rings is 1. The number of alkyl halides is 3. The van der Waals surface area contributed by atoms with Crippen molar-refractivity contribution in [1.82, 2.24) is 9.78 Å². The predicted molar refractivity (Wildman–Crippen MR) is 116 cm³/mol. The second-order valence-corrected chi connectivity index (χ2v) is 8.74. The summed E-state index contributed by atoms with van der Waals surface area (Å²) in [5.74, 6) is -0.610. The summed E-state index contributed by atoms with van der Waals surface area (Å²) in [7, 11) is 0. The Balaban J connectivity index is 1.71. The van der Waals surface area contributed by atoms with Crippen molar-refractivity contribution in [2.45, 2.75) is 44.9 Å². The molecule has 0 saturated heterocycles. The molecule has 0 radical (unpaired) electrons. The van der Waals surface area contributed by atoms with Crippen LogP contribution in [-0.2, 0) is 6.42 Å². The maximum absolute atomic E-state index is 13.8. The Labute approximate surface area is 186 Å². The summed E-state index contributed by atoms with van der Waals surface area (Å²) < 4.78 is 42.3. The average molecular weight is 459 g/mol. The van der Waals surface area contributed by atoms with E-state index in [1.165, 1.54) is 11.3 Å². The summed E-state index contributed by atoms with van der Waals surface area (Å²) >= 11 is 1.27. The molecular weight excluding hydrogens is 439 g/mol. The molecule has 0 spiro atoms. The van der Waals surface area contributed by atoms with Crippen molar-refractivity contribution < 1.29 is 18.0 Å². The normalized spacial score (nSPS) is 17.9. The van der Waals surface area contributed by atoms with Crippen LogP contribution in [0.1, 0.15) is 57.4 Å². The first-order valence-corrected chi connectivity index (χ1v) is 10.9. The number of carbonyl (C=O) groups excluding carboxylic acids is 1. The van der Waals surface area contributed by atoms with Crippen LogP contribution in [0.15, 0.2) is 36.5 Å². The highest BCUT2D eigenvalue weighted by Gasteiger charge is 2.47. The second-order valence-electron chi connectivity index (χ2n) is 7.51. The molecule has 32 heavy (non-hydrogen) atoms. The zero-order valence-corrected chi connectivity index (χ0v) is 18.1. The number of aromatic nitrogens is 2. The van der Waals surface area contributed by atoms with Gasteiger partial charge >= 0.3 is 6.18 Å². The summed E-state index contributed by atoms with van der Waals surface area (Å²) in [5.41, 5.74) is 1.92. The lowest BCUT2D eigenvalue weighted by Gasteiger charge is -2.34. The molecule has 2 N–H and O–H groups in total. The molecule has 1 aliphatic rings. The van der Waals surface area contributed by atoms with Crippen LogP contribution in [0.25, 0.3) is 0 Å². The van der Waals surface area contributed by atoms with Gasteiger partial charge in [-0.15, -0.1) is 11.3 Å². The van der Waals surface area contributed by atoms with E-state index in [1.807, 2.05) is 13.8 Å². The fraction of sp³-hybridized carbons (Fsp3) is 0.318. The largest absolute Gasteiger partial charge is 0.410 e. The van der Waals surface area contributed by atoms with Gasteiger partial charge < -0.3 is 10.6 Å². The first-order valence-electron chi connectivity index (χ1n) is 10.0. The molecule has 0 bridgehead atoms. The third-order valence-electron chi connectivity index (χ3n) is 5.59. The number of hydrogen-bond acceptors (Lipinski definition) is 5. The molecule has 1 aromatic carbocycles. The van der Waals surface area contributed by atoms with Crippen molar-refractivity contribution in [2.24, 2.45) is 0 Å². The number of rotatable bonds is 4. The van der Waals surface area contributed by atoms with Gasteiger partial charge in [0.2, 0.25) is 0 Å². The van der Waals surface area contributed by atoms with Crippen molar-refractivity contribution in [3.05, 3.63) is 63.7 Å². The number of nitrogens with zero attached hydrogens (tertiary/aromatic N) is 3. The molecule has 0 aliphatic carbocycles. The Hall–Kier alpha value is -3.32. The van der Waals surface area contributed by atoms with Gasteiger partial charge in [0.25, 0.3) is 5.91 Å². The number of halogens is 3. The maximum Gasteiger partial charge on any atom is 0.410 e. The molecule has 10 heteroatoms. The molecule has 2 atom stereocenters. The predicted octanol–water partition coefficient (Wildman–Crippen LogP) is 5.60. The molecule has 4 rings (SSSR count). The number of carbonyl (C=O) groups is 1. The van der Waals surface area contributed by atoms with Crippen LogP contribution in [0.3, 0.4) is 0 Å². The minimum absolute atomic E-state index is 0.00660. The van der Waals surface area contributed by atoms with Gasteiger partial charge in [-0.05, 0) is 24.5 Å². The average Bonchev–Trinajstić information content (AvgIpc) is 3.32. The number of anilines is 2. The molecule has 166 valence electrons. The number of amides is 1. The standard InChI is InChI=1S/C22H20F3N5OS/c1-3-14-12(2)32-21(15(14)10-26)29-20(31)16-11-27-30-18(22(23,24)25)9-17(28-19(16)30)13-7-5-4-6-8-13/h4-8,11,17-18,28H,3,9H2,1-2H3,(H,29,31)/t17-,18+/m0/s1. The third-order valence-corrected chi connectivity index (χ3v) is 6.65. The van der Waals surface area contributed by atoms with Crippen LogP contribution >= 0.6 is 11.3 Å². The molecule has 3 heterocycles. The molecule has 0 unspecified atom stereocenters. The Morgan fingerprint density at radius 3 is 2.72 bits per heavy atom. The Morgan fingerprint density at radius 2 is 2.09 bits per heavy atom. The van der Waals surface area contributed by atoms with E-state index in [4.69, 9.17) is 0 Å². The van der Waals surface area contributed by atoms with Crippen LogP contribution in [0.2, 0.25) is 0 Å². The summed E-state index contributed by atoms with van der Waals surface area (Å²) in [6, 6.07) is 8.41. The summed E-state index contributed by atoms with van der Waals surface area (Å²) in [6.07, 6.45) is -3.00. The SMILES string of the molecule is CCc1c(C)sc(NC(=O)c2cnn3c2N[C@H](c2ccccc2)C[C@@H]3C(F)(F)F)c1C#N. The highest BCUT2D eigenvalue weighted by Crippen LogP contribution is 2.44. The lowest BCUT2D eigenvalue weighted by atomic mass is 9.96. The maximum atomic E-state index is 13.8. The van der Waals surface area contributed by atoms with Gasteiger partial charge in [0.1, 0.15) is 22.5 Å². The van der Waals surface area contributed by atoms with Gasteiger partial charge in [-0.1, -0.05) is 37.3 Å². The number of thiophene rings is 1. The lowest BCUT2D eigenvalue weighted by Crippen LogP contribution is -2.36. The van der Waals surface area contributed by atoms with E-state index in [0.717, 1.165) is 21.3 Å². The van der Waals surface area contributed by atoms with Crippen molar-refractivity contribution in [3.8, 4) is 6.07 Å². The van der Waals surface area contributed by atoms with E-state index in [0.29, 0.717) is 22.5 Å². The molecule has 0 saturated carbocycles. The Morgan fingerprint density at radius 1 is 1.38 bits per heavy atom. The van der Waals surface area contributed by atoms with Gasteiger partial charge in [-0.2, -0.15) is 23.5 Å². The van der Waals surface area contributed by atoms with Crippen molar-refractivity contribution >= 4 is 28.1 Å². The molecule has 6 nitrogen and oxygen atoms in total. The van der Waals surface area contributed by atoms with E-state index in [2.05, 4.69) is 21.8 Å². The number of nitrogens with one attached hydrogen (secondary N) is 2. The first-order chi connectivity index (χ1) is 15.2. The van der Waals surface area contributed by atoms with E-state index < -0.39 is 24.2 Å². The van der Waals surface area contributed by atoms with E-state index in [9.17, 15) is 23.2 Å². The number of fused-ring (bicyclic) bond motifs is 1. The Kier molecular flexibility index (Phi) is 5.69. The van der Waals surface area contributed by atoms with Crippen LogP contribution in [0.5, 0.6) is 0 Å². The molecule has 1 amide bonds. The fourth-order valence-electron chi connectivity index (χ4n) is 4.01. The number of hydrogen-bond donors (Lipinski definition) is 2. The summed E-state index contributed by atoms with van der Waals surface area (Å²) in [4.78, 5) is 13.9. The fourth-order valence-corrected chi connectivity index (χ4v) is 5.10. The van der Waals surface area contributed by atoms with Gasteiger partial charge in [0, 0.05) is 11.3 Å². The monoisotopic (exact) mass is 459 g/mol. The highest BCUT2D eigenvalue weighted by atomic mass is 32.1. The van der Waals surface area contributed by atoms with Gasteiger partial charge in [-0.25, -0.2) is 4.68 Å². The third kappa shape index (κ3) is 3.84. The van der Waals surface area contributed by atoms with Crippen molar-refractivity contribution in [2.75, 3.05) is 10.6 Å². The van der Waals surface area contributed by atoms with Crippen molar-refractivity contribution in [3.63, 3.8) is 0 Å². The first kappa shape index (κ1) is 21.9. The minimum Gasteiger partial charge on any atom is -0.363 e. The van der Waals surface area contributed by atoms with E-state index >= 15 is 0 Å². The van der Waals surface area contributed by atoms with E-state index in [-0.39, 0.29) is 17.8 Å². The van der Waals surface area contributed by atoms with Crippen LogP contribution in [-0.4, -0.2) is 21.9 Å². The van der Waals surface area contributed by atoms with Gasteiger partial charge in [-0.3, -0.25) is 4.79 Å². The highest BCUT2D eigenvalue weighted by molar-refractivity contribution is 7.16. The topological polar surface area (TPSA) is 82.7 Å². The number of nitriles is 1. The van der Waals surface area contributed by atoms with Gasteiger partial charge in [0.05, 0.1) is 17.8 Å². The van der Waals surface area contributed by atoms with Crippen LogP contribution < -0.4 is 10.6 Å². The molecule has 2 aromatic heterocycles. The lowest BCUT2D eigenvalue weighted by molar-refractivity contribution is -0.173. The number of aryl methyl sites for hydroxylation is 1. The van der Waals surface area contributed by atoms with Crippen LogP contribution in [0.4, 0.5) is 24.0 Å². The minimum atomic E-state index is -4.53. The molecule has 0 fully saturated rings. The molecular formula is C22H20F3N5OS. The van der Waals surface area contributed by atoms with Crippen molar-refractivity contribution in [1.29, 1.82) is 5.26 Å². The smallest absolute Gasteiger partial charge is 0.363 e. The summed E-state index contributed by atoms with van der Waals surface area (Å²) in [5, 5.41) is 19.6. The van der Waals surface area contributed by atoms with Gasteiger partial charge in [0.15, 0.2) is 6.04 Å². The molecule has 1 aliphatic heterocycles. The van der Waals surface area contributed by atoms with Crippen LogP contribution in [0, 0.1) is 18.3 Å². The summed E-state index contributed by atoms with van der Waals surface area (Å²) in [6.45, 7) is 3.78.